The van der Waals surface area contributed by atoms with Crippen LogP contribution in [0, 0.1) is 5.41 Å². The molecule has 3 N–H and O–H groups in total. The monoisotopic (exact) mass is 452 g/mol. The number of hydrogen-bond acceptors (Lipinski definition) is 4. The third-order valence-corrected chi connectivity index (χ3v) is 6.04. The lowest BCUT2D eigenvalue weighted by Gasteiger charge is -2.26. The van der Waals surface area contributed by atoms with E-state index in [4.69, 9.17) is 9.84 Å². The molecule has 1 unspecified atom stereocenters. The number of carboxylic acids is 1. The van der Waals surface area contributed by atoms with E-state index in [1.807, 2.05) is 31.2 Å². The molecule has 0 heterocycles. The standard InChI is InChI=1S/C26H32N2O5/c1-17(9-8-14-23(29)30)28-24(31)26(2,3)16-27-25(32)33-15-22-20-12-6-4-10-18(20)19-11-5-7-13-21(19)22/h4-7,10-13,17,22H,8-9,14-16H2,1-3H3,(H,27,32)(H,28,31)(H,29,30). The molecular weight excluding hydrogens is 420 g/mol. The minimum Gasteiger partial charge on any atom is -0.481 e. The smallest absolute Gasteiger partial charge is 0.407 e. The van der Waals surface area contributed by atoms with Crippen molar-refractivity contribution in [3.8, 4) is 11.1 Å². The van der Waals surface area contributed by atoms with Gasteiger partial charge in [0.15, 0.2) is 0 Å². The quantitative estimate of drug-likeness (QED) is 0.498. The van der Waals surface area contributed by atoms with Crippen LogP contribution in [0.15, 0.2) is 48.5 Å². The lowest BCUT2D eigenvalue weighted by atomic mass is 9.91. The Morgan fingerprint density at radius 1 is 1.03 bits per heavy atom. The summed E-state index contributed by atoms with van der Waals surface area (Å²) in [4.78, 5) is 35.6. The number of alkyl carbamates (subject to hydrolysis) is 1. The van der Waals surface area contributed by atoms with Gasteiger partial charge in [-0.25, -0.2) is 4.79 Å². The molecule has 0 aliphatic heterocycles. The van der Waals surface area contributed by atoms with Gasteiger partial charge in [0.2, 0.25) is 5.91 Å². The molecule has 0 fully saturated rings. The Morgan fingerprint density at radius 2 is 1.61 bits per heavy atom. The fourth-order valence-electron chi connectivity index (χ4n) is 4.07. The van der Waals surface area contributed by atoms with Gasteiger partial charge < -0.3 is 20.5 Å². The van der Waals surface area contributed by atoms with Crippen molar-refractivity contribution in [3.05, 3.63) is 59.7 Å². The van der Waals surface area contributed by atoms with Gasteiger partial charge in [-0.05, 0) is 55.9 Å². The molecule has 0 spiro atoms. The van der Waals surface area contributed by atoms with E-state index in [9.17, 15) is 14.4 Å². The lowest BCUT2D eigenvalue weighted by Crippen LogP contribution is -2.47. The number of amides is 2. The van der Waals surface area contributed by atoms with Crippen molar-refractivity contribution in [1.82, 2.24) is 10.6 Å². The third kappa shape index (κ3) is 6.12. The molecule has 0 radical (unpaired) electrons. The first-order chi connectivity index (χ1) is 15.7. The fourth-order valence-corrected chi connectivity index (χ4v) is 4.07. The summed E-state index contributed by atoms with van der Waals surface area (Å²) >= 11 is 0. The zero-order valence-electron chi connectivity index (χ0n) is 19.4. The highest BCUT2D eigenvalue weighted by atomic mass is 16.5. The third-order valence-electron chi connectivity index (χ3n) is 6.04. The summed E-state index contributed by atoms with van der Waals surface area (Å²) in [6, 6.07) is 16.1. The van der Waals surface area contributed by atoms with Crippen LogP contribution < -0.4 is 10.6 Å². The zero-order valence-corrected chi connectivity index (χ0v) is 19.4. The molecule has 7 nitrogen and oxygen atoms in total. The second-order valence-corrected chi connectivity index (χ2v) is 9.22. The number of ether oxygens (including phenoxy) is 1. The molecular formula is C26H32N2O5. The van der Waals surface area contributed by atoms with Crippen molar-refractivity contribution in [2.45, 2.75) is 52.0 Å². The van der Waals surface area contributed by atoms with Crippen LogP contribution >= 0.6 is 0 Å². The Labute approximate surface area is 194 Å². The van der Waals surface area contributed by atoms with Crippen molar-refractivity contribution in [3.63, 3.8) is 0 Å². The number of aliphatic carboxylic acids is 1. The number of hydrogen-bond donors (Lipinski definition) is 3. The van der Waals surface area contributed by atoms with Crippen LogP contribution in [0.3, 0.4) is 0 Å². The number of carbonyl (C=O) groups is 3. The second kappa shape index (κ2) is 10.5. The summed E-state index contributed by atoms with van der Waals surface area (Å²) in [5.74, 6) is -1.07. The number of carbonyl (C=O) groups excluding carboxylic acids is 2. The summed E-state index contributed by atoms with van der Waals surface area (Å²) < 4.78 is 5.53. The summed E-state index contributed by atoms with van der Waals surface area (Å²) in [7, 11) is 0. The minimum atomic E-state index is -0.846. The molecule has 3 rings (SSSR count). The summed E-state index contributed by atoms with van der Waals surface area (Å²) in [6.07, 6.45) is 0.586. The molecule has 1 aliphatic carbocycles. The average Bonchev–Trinajstić information content (AvgIpc) is 3.10. The molecule has 2 aromatic carbocycles. The molecule has 33 heavy (non-hydrogen) atoms. The van der Waals surface area contributed by atoms with E-state index in [1.54, 1.807) is 13.8 Å². The summed E-state index contributed by atoms with van der Waals surface area (Å²) in [6.45, 7) is 5.67. The molecule has 1 aliphatic rings. The maximum absolute atomic E-state index is 12.6. The van der Waals surface area contributed by atoms with E-state index >= 15 is 0 Å². The van der Waals surface area contributed by atoms with Gasteiger partial charge in [-0.2, -0.15) is 0 Å². The Balaban J connectivity index is 1.49. The lowest BCUT2D eigenvalue weighted by molar-refractivity contribution is -0.137. The van der Waals surface area contributed by atoms with Gasteiger partial charge in [-0.3, -0.25) is 9.59 Å². The van der Waals surface area contributed by atoms with E-state index in [0.29, 0.717) is 12.8 Å². The van der Waals surface area contributed by atoms with Gasteiger partial charge in [0.1, 0.15) is 6.61 Å². The minimum absolute atomic E-state index is 0.0221. The highest BCUT2D eigenvalue weighted by Crippen LogP contribution is 2.44. The van der Waals surface area contributed by atoms with Crippen LogP contribution in [0.2, 0.25) is 0 Å². The number of carboxylic acid groups (broad SMARTS) is 1. The Morgan fingerprint density at radius 3 is 2.18 bits per heavy atom. The molecule has 7 heteroatoms. The predicted octanol–water partition coefficient (Wildman–Crippen LogP) is 4.31. The van der Waals surface area contributed by atoms with Gasteiger partial charge in [0, 0.05) is 24.9 Å². The van der Waals surface area contributed by atoms with Crippen LogP contribution in [0.1, 0.15) is 57.1 Å². The van der Waals surface area contributed by atoms with E-state index in [-0.39, 0.29) is 37.4 Å². The first-order valence-corrected chi connectivity index (χ1v) is 11.3. The van der Waals surface area contributed by atoms with Crippen molar-refractivity contribution in [1.29, 1.82) is 0 Å². The summed E-state index contributed by atoms with van der Waals surface area (Å²) in [5, 5.41) is 14.3. The zero-order chi connectivity index (χ0) is 24.0. The highest BCUT2D eigenvalue weighted by molar-refractivity contribution is 5.83. The molecule has 0 aromatic heterocycles. The van der Waals surface area contributed by atoms with Gasteiger partial charge in [0.25, 0.3) is 0 Å². The van der Waals surface area contributed by atoms with Crippen LogP contribution in [0.5, 0.6) is 0 Å². The molecule has 2 aromatic rings. The number of benzene rings is 2. The molecule has 0 saturated heterocycles. The normalized spacial score (nSPS) is 13.5. The maximum atomic E-state index is 12.6. The van der Waals surface area contributed by atoms with Crippen LogP contribution in [0.4, 0.5) is 4.79 Å². The molecule has 1 atom stereocenters. The van der Waals surface area contributed by atoms with E-state index in [2.05, 4.69) is 34.9 Å². The summed E-state index contributed by atoms with van der Waals surface area (Å²) in [5.41, 5.74) is 3.77. The van der Waals surface area contributed by atoms with Crippen molar-refractivity contribution in [2.24, 2.45) is 5.41 Å². The van der Waals surface area contributed by atoms with Gasteiger partial charge in [0.05, 0.1) is 5.41 Å². The van der Waals surface area contributed by atoms with Gasteiger partial charge in [-0.15, -0.1) is 0 Å². The molecule has 2 amide bonds. The molecule has 0 saturated carbocycles. The van der Waals surface area contributed by atoms with Gasteiger partial charge in [-0.1, -0.05) is 48.5 Å². The predicted molar refractivity (Wildman–Crippen MR) is 126 cm³/mol. The Kier molecular flexibility index (Phi) is 7.74. The van der Waals surface area contributed by atoms with E-state index < -0.39 is 17.5 Å². The van der Waals surface area contributed by atoms with Crippen LogP contribution in [-0.2, 0) is 14.3 Å². The first-order valence-electron chi connectivity index (χ1n) is 11.3. The van der Waals surface area contributed by atoms with E-state index in [1.165, 1.54) is 0 Å². The van der Waals surface area contributed by atoms with Crippen molar-refractivity contribution in [2.75, 3.05) is 13.2 Å². The highest BCUT2D eigenvalue weighted by Gasteiger charge is 2.31. The van der Waals surface area contributed by atoms with Gasteiger partial charge >= 0.3 is 12.1 Å². The number of rotatable bonds is 10. The topological polar surface area (TPSA) is 105 Å². The molecule has 0 bridgehead atoms. The Bertz CT molecular complexity index is 972. The fraction of sp³-hybridized carbons (Fsp3) is 0.423. The number of fused-ring (bicyclic) bond motifs is 3. The Hall–Kier alpha value is -3.35. The molecule has 176 valence electrons. The van der Waals surface area contributed by atoms with Crippen molar-refractivity contribution >= 4 is 18.0 Å². The van der Waals surface area contributed by atoms with Crippen LogP contribution in [-0.4, -0.2) is 42.3 Å². The SMILES string of the molecule is CC(CCCC(=O)O)NC(=O)C(C)(C)CNC(=O)OCC1c2ccccc2-c2ccccc21. The maximum Gasteiger partial charge on any atom is 0.407 e. The van der Waals surface area contributed by atoms with Crippen molar-refractivity contribution < 1.29 is 24.2 Å². The largest absolute Gasteiger partial charge is 0.481 e. The first kappa shape index (κ1) is 24.3. The average molecular weight is 453 g/mol. The van der Waals surface area contributed by atoms with Crippen LogP contribution in [0.25, 0.3) is 11.1 Å². The van der Waals surface area contributed by atoms with E-state index in [0.717, 1.165) is 22.3 Å². The number of nitrogens with one attached hydrogen (secondary N) is 2. The second-order valence-electron chi connectivity index (χ2n) is 9.22.